The van der Waals surface area contributed by atoms with E-state index in [0.29, 0.717) is 0 Å². The van der Waals surface area contributed by atoms with Crippen molar-refractivity contribution in [1.29, 1.82) is 0 Å². The maximum atomic E-state index is 12.5. The molecule has 0 N–H and O–H groups in total. The van der Waals surface area contributed by atoms with Crippen molar-refractivity contribution in [2.24, 2.45) is 0 Å². The number of ether oxygens (including phenoxy) is 1. The molecule has 23 heavy (non-hydrogen) atoms. The van der Waals surface area contributed by atoms with E-state index in [1.165, 1.54) is 5.56 Å². The number of hydrogen-bond donors (Lipinski definition) is 0. The summed E-state index contributed by atoms with van der Waals surface area (Å²) in [7, 11) is 0. The first kappa shape index (κ1) is 18.0. The molecule has 0 aliphatic carbocycles. The second kappa shape index (κ2) is 7.93. The van der Waals surface area contributed by atoms with E-state index in [1.54, 1.807) is 0 Å². The predicted octanol–water partition coefficient (Wildman–Crippen LogP) is 3.17. The summed E-state index contributed by atoms with van der Waals surface area (Å²) in [6.45, 7) is 13.9. The van der Waals surface area contributed by atoms with Gasteiger partial charge in [0.05, 0.1) is 12.2 Å². The van der Waals surface area contributed by atoms with Gasteiger partial charge < -0.3 is 9.64 Å². The summed E-state index contributed by atoms with van der Waals surface area (Å²) in [4.78, 5) is 16.8. The highest BCUT2D eigenvalue weighted by molar-refractivity contribution is 5.94. The van der Waals surface area contributed by atoms with Crippen molar-refractivity contribution < 1.29 is 9.53 Å². The molecule has 1 fully saturated rings. The van der Waals surface area contributed by atoms with Crippen LogP contribution in [0.15, 0.2) is 24.3 Å². The molecule has 0 aromatic heterocycles. The first-order chi connectivity index (χ1) is 10.9. The lowest BCUT2D eigenvalue weighted by atomic mass is 10.1. The number of benzene rings is 1. The first-order valence-electron chi connectivity index (χ1n) is 8.68. The number of nitrogens with zero attached hydrogens (tertiary/aromatic N) is 2. The highest BCUT2D eigenvalue weighted by Gasteiger charge is 2.22. The van der Waals surface area contributed by atoms with Crippen molar-refractivity contribution in [3.63, 3.8) is 0 Å². The summed E-state index contributed by atoms with van der Waals surface area (Å²) >= 11 is 0. The van der Waals surface area contributed by atoms with Gasteiger partial charge in [0, 0.05) is 37.8 Å². The van der Waals surface area contributed by atoms with E-state index in [-0.39, 0.29) is 24.2 Å². The van der Waals surface area contributed by atoms with Crippen molar-refractivity contribution in [2.45, 2.75) is 59.4 Å². The summed E-state index contributed by atoms with van der Waals surface area (Å²) in [6.07, 6.45) is 0.563. The molecule has 1 heterocycles. The Morgan fingerprint density at radius 2 is 1.78 bits per heavy atom. The van der Waals surface area contributed by atoms with Gasteiger partial charge in [0.15, 0.2) is 0 Å². The quantitative estimate of drug-likeness (QED) is 0.836. The van der Waals surface area contributed by atoms with Crippen LogP contribution < -0.4 is 0 Å². The third-order valence-corrected chi connectivity index (χ3v) is 4.33. The van der Waals surface area contributed by atoms with Gasteiger partial charge in [-0.05, 0) is 52.3 Å². The maximum absolute atomic E-state index is 12.5. The molecule has 1 aromatic carbocycles. The molecule has 2 rings (SSSR count). The largest absolute Gasteiger partial charge is 0.373 e. The average molecular weight is 318 g/mol. The predicted molar refractivity (Wildman–Crippen MR) is 93.6 cm³/mol. The molecule has 4 heteroatoms. The van der Waals surface area contributed by atoms with Crippen LogP contribution in [0.4, 0.5) is 0 Å². The van der Waals surface area contributed by atoms with Crippen molar-refractivity contribution in [1.82, 2.24) is 9.80 Å². The molecule has 1 saturated heterocycles. The van der Waals surface area contributed by atoms with E-state index in [4.69, 9.17) is 4.74 Å². The minimum absolute atomic E-state index is 0.114. The third-order valence-electron chi connectivity index (χ3n) is 4.33. The van der Waals surface area contributed by atoms with E-state index >= 15 is 0 Å². The minimum Gasteiger partial charge on any atom is -0.373 e. The smallest absolute Gasteiger partial charge is 0.254 e. The van der Waals surface area contributed by atoms with Gasteiger partial charge in [0.2, 0.25) is 0 Å². The van der Waals surface area contributed by atoms with Gasteiger partial charge in [-0.1, -0.05) is 12.1 Å². The Morgan fingerprint density at radius 1 is 1.22 bits per heavy atom. The van der Waals surface area contributed by atoms with Crippen LogP contribution in [-0.4, -0.2) is 53.6 Å². The van der Waals surface area contributed by atoms with E-state index in [2.05, 4.69) is 44.7 Å². The Balaban J connectivity index is 2.00. The van der Waals surface area contributed by atoms with Crippen molar-refractivity contribution in [3.05, 3.63) is 35.4 Å². The number of hydrogen-bond acceptors (Lipinski definition) is 3. The van der Waals surface area contributed by atoms with Crippen molar-refractivity contribution in [3.8, 4) is 0 Å². The summed E-state index contributed by atoms with van der Waals surface area (Å²) in [5, 5.41) is 0. The highest BCUT2D eigenvalue weighted by Crippen LogP contribution is 2.16. The van der Waals surface area contributed by atoms with Crippen molar-refractivity contribution in [2.75, 3.05) is 19.6 Å². The zero-order valence-corrected chi connectivity index (χ0v) is 15.1. The minimum atomic E-state index is 0.114. The second-order valence-electron chi connectivity index (χ2n) is 6.83. The molecule has 2 atom stereocenters. The van der Waals surface area contributed by atoms with E-state index in [1.807, 2.05) is 24.0 Å². The number of carbonyl (C=O) groups is 1. The molecule has 1 aliphatic heterocycles. The molecule has 4 nitrogen and oxygen atoms in total. The number of carbonyl (C=O) groups excluding carboxylic acids is 1. The fourth-order valence-corrected chi connectivity index (χ4v) is 3.33. The van der Waals surface area contributed by atoms with Crippen LogP contribution in [0.2, 0.25) is 0 Å². The van der Waals surface area contributed by atoms with Crippen LogP contribution in [-0.2, 0) is 11.3 Å². The van der Waals surface area contributed by atoms with Gasteiger partial charge in [-0.3, -0.25) is 9.69 Å². The lowest BCUT2D eigenvalue weighted by Gasteiger charge is -2.35. The van der Waals surface area contributed by atoms with Crippen LogP contribution >= 0.6 is 0 Å². The Kier molecular flexibility index (Phi) is 6.19. The first-order valence-corrected chi connectivity index (χ1v) is 8.68. The topological polar surface area (TPSA) is 32.8 Å². The Bertz CT molecular complexity index is 503. The fraction of sp³-hybridized carbons (Fsp3) is 0.632. The zero-order chi connectivity index (χ0) is 17.0. The van der Waals surface area contributed by atoms with Gasteiger partial charge in [0.25, 0.3) is 5.91 Å². The van der Waals surface area contributed by atoms with Crippen LogP contribution in [0.5, 0.6) is 0 Å². The Morgan fingerprint density at radius 3 is 2.26 bits per heavy atom. The molecule has 128 valence electrons. The Hall–Kier alpha value is -1.39. The molecule has 0 saturated carbocycles. The summed E-state index contributed by atoms with van der Waals surface area (Å²) < 4.78 is 5.77. The standard InChI is InChI=1S/C19H30N2O2/c1-6-21(14(2)3)19(22)18-9-7-17(8-10-18)13-20-11-15(4)23-16(5)12-20/h7-10,14-16H,6,11-13H2,1-5H3/t15-,16-/m1/s1. The maximum Gasteiger partial charge on any atom is 0.254 e. The van der Waals surface area contributed by atoms with E-state index in [0.717, 1.165) is 31.7 Å². The zero-order valence-electron chi connectivity index (χ0n) is 15.1. The van der Waals surface area contributed by atoms with Gasteiger partial charge in [-0.25, -0.2) is 0 Å². The summed E-state index contributed by atoms with van der Waals surface area (Å²) in [6, 6.07) is 8.29. The third kappa shape index (κ3) is 4.79. The molecule has 1 aliphatic rings. The monoisotopic (exact) mass is 318 g/mol. The average Bonchev–Trinajstić information content (AvgIpc) is 2.47. The fourth-order valence-electron chi connectivity index (χ4n) is 3.33. The van der Waals surface area contributed by atoms with Gasteiger partial charge in [-0.2, -0.15) is 0 Å². The van der Waals surface area contributed by atoms with Gasteiger partial charge in [-0.15, -0.1) is 0 Å². The molecule has 0 bridgehead atoms. The van der Waals surface area contributed by atoms with Gasteiger partial charge >= 0.3 is 0 Å². The molecular weight excluding hydrogens is 288 g/mol. The molecule has 1 aromatic rings. The van der Waals surface area contributed by atoms with Crippen LogP contribution in [0.3, 0.4) is 0 Å². The SMILES string of the molecule is CCN(C(=O)c1ccc(CN2C[C@@H](C)O[C@H](C)C2)cc1)C(C)C. The molecular formula is C19H30N2O2. The van der Waals surface area contributed by atoms with Crippen LogP contribution in [0, 0.1) is 0 Å². The molecule has 1 amide bonds. The molecule has 0 radical (unpaired) electrons. The summed E-state index contributed by atoms with van der Waals surface area (Å²) in [5.74, 6) is 0.114. The molecule has 0 unspecified atom stereocenters. The highest BCUT2D eigenvalue weighted by atomic mass is 16.5. The lowest BCUT2D eigenvalue weighted by Crippen LogP contribution is -2.44. The number of rotatable bonds is 5. The lowest BCUT2D eigenvalue weighted by molar-refractivity contribution is -0.0704. The van der Waals surface area contributed by atoms with Crippen LogP contribution in [0.1, 0.15) is 50.5 Å². The van der Waals surface area contributed by atoms with Gasteiger partial charge in [0.1, 0.15) is 0 Å². The molecule has 0 spiro atoms. The second-order valence-corrected chi connectivity index (χ2v) is 6.83. The van der Waals surface area contributed by atoms with Crippen molar-refractivity contribution >= 4 is 5.91 Å². The normalized spacial score (nSPS) is 22.3. The number of amides is 1. The Labute approximate surface area is 140 Å². The summed E-state index contributed by atoms with van der Waals surface area (Å²) in [5.41, 5.74) is 2.02. The van der Waals surface area contributed by atoms with Crippen LogP contribution in [0.25, 0.3) is 0 Å². The number of morpholine rings is 1. The van der Waals surface area contributed by atoms with E-state index in [9.17, 15) is 4.79 Å². The van der Waals surface area contributed by atoms with E-state index < -0.39 is 0 Å².